The minimum absolute atomic E-state index is 0.112. The maximum atomic E-state index is 11.9. The summed E-state index contributed by atoms with van der Waals surface area (Å²) in [5.74, 6) is -0.170. The molecule has 8 nitrogen and oxygen atoms in total. The number of hydrazine groups is 1. The third-order valence-corrected chi connectivity index (χ3v) is 3.76. The Labute approximate surface area is 169 Å². The van der Waals surface area contributed by atoms with E-state index in [0.717, 1.165) is 12.0 Å². The highest BCUT2D eigenvalue weighted by atomic mass is 16.5. The van der Waals surface area contributed by atoms with Gasteiger partial charge in [0, 0.05) is 0 Å². The topological polar surface area (TPSA) is 103 Å². The zero-order valence-corrected chi connectivity index (χ0v) is 16.4. The Balaban J connectivity index is 1.70. The van der Waals surface area contributed by atoms with E-state index >= 15 is 0 Å². The molecule has 2 aromatic carbocycles. The van der Waals surface area contributed by atoms with Crippen LogP contribution in [0.1, 0.15) is 29.3 Å². The molecule has 29 heavy (non-hydrogen) atoms. The number of nitrogens with one attached hydrogen (secondary N) is 2. The number of carbonyl (C=O) groups excluding carboxylic acids is 3. The summed E-state index contributed by atoms with van der Waals surface area (Å²) < 4.78 is 15.4. The van der Waals surface area contributed by atoms with Crippen LogP contribution in [0.3, 0.4) is 0 Å². The quantitative estimate of drug-likeness (QED) is 0.493. The third-order valence-electron chi connectivity index (χ3n) is 3.76. The molecule has 0 aliphatic carbocycles. The fourth-order valence-electron chi connectivity index (χ4n) is 2.26. The number of amides is 2. The predicted octanol–water partition coefficient (Wildman–Crippen LogP) is 2.03. The van der Waals surface area contributed by atoms with Gasteiger partial charge in [0.15, 0.2) is 6.61 Å². The van der Waals surface area contributed by atoms with Crippen molar-refractivity contribution in [3.05, 3.63) is 59.7 Å². The van der Waals surface area contributed by atoms with E-state index in [-0.39, 0.29) is 18.9 Å². The van der Waals surface area contributed by atoms with Gasteiger partial charge in [0.1, 0.15) is 11.5 Å². The minimum Gasteiger partial charge on any atom is -0.497 e. The number of ether oxygens (including phenoxy) is 3. The van der Waals surface area contributed by atoms with Crippen molar-refractivity contribution in [2.75, 3.05) is 20.3 Å². The number of carbonyl (C=O) groups is 3. The minimum atomic E-state index is -0.514. The van der Waals surface area contributed by atoms with Crippen LogP contribution in [0.4, 0.5) is 0 Å². The van der Waals surface area contributed by atoms with Gasteiger partial charge in [0.05, 0.1) is 25.7 Å². The van der Waals surface area contributed by atoms with Crippen LogP contribution in [0.5, 0.6) is 11.5 Å². The van der Waals surface area contributed by atoms with Crippen LogP contribution in [0.2, 0.25) is 0 Å². The molecule has 2 rings (SSSR count). The van der Waals surface area contributed by atoms with Crippen LogP contribution in [-0.4, -0.2) is 38.1 Å². The first-order valence-electron chi connectivity index (χ1n) is 9.12. The summed E-state index contributed by atoms with van der Waals surface area (Å²) in [6.45, 7) is 1.99. The van der Waals surface area contributed by atoms with Crippen LogP contribution < -0.4 is 20.3 Å². The van der Waals surface area contributed by atoms with Gasteiger partial charge in [-0.05, 0) is 48.4 Å². The van der Waals surface area contributed by atoms with E-state index in [4.69, 9.17) is 14.2 Å². The highest BCUT2D eigenvalue weighted by Gasteiger charge is 2.09. The summed E-state index contributed by atoms with van der Waals surface area (Å²) in [6.07, 6.45) is 0.861. The SMILES string of the molecule is CCCOC(=O)c1ccc(OCC(=O)NNC(=O)Cc2ccc(OC)cc2)cc1. The standard InChI is InChI=1S/C21H24N2O6/c1-3-12-28-21(26)16-6-10-18(11-7-16)29-14-20(25)23-22-19(24)13-15-4-8-17(27-2)9-5-15/h4-11H,3,12-14H2,1-2H3,(H,22,24)(H,23,25). The van der Waals surface area contributed by atoms with Gasteiger partial charge in [-0.1, -0.05) is 19.1 Å². The Morgan fingerprint density at radius 1 is 0.862 bits per heavy atom. The van der Waals surface area contributed by atoms with E-state index in [2.05, 4.69) is 10.9 Å². The van der Waals surface area contributed by atoms with Crippen LogP contribution in [0, 0.1) is 0 Å². The second-order valence-electron chi connectivity index (χ2n) is 6.07. The fourth-order valence-corrected chi connectivity index (χ4v) is 2.26. The van der Waals surface area contributed by atoms with Gasteiger partial charge in [-0.3, -0.25) is 20.4 Å². The van der Waals surface area contributed by atoms with Crippen molar-refractivity contribution in [3.63, 3.8) is 0 Å². The first-order valence-corrected chi connectivity index (χ1v) is 9.12. The first-order chi connectivity index (χ1) is 14.0. The molecule has 0 heterocycles. The predicted molar refractivity (Wildman–Crippen MR) is 105 cm³/mol. The number of benzene rings is 2. The number of rotatable bonds is 9. The Hall–Kier alpha value is -3.55. The zero-order chi connectivity index (χ0) is 21.1. The van der Waals surface area contributed by atoms with E-state index in [1.165, 1.54) is 0 Å². The molecule has 0 aliphatic rings. The Bertz CT molecular complexity index is 818. The molecule has 0 spiro atoms. The molecule has 0 aromatic heterocycles. The Kier molecular flexibility index (Phi) is 8.50. The van der Waals surface area contributed by atoms with E-state index in [0.29, 0.717) is 23.7 Å². The highest BCUT2D eigenvalue weighted by Crippen LogP contribution is 2.13. The lowest BCUT2D eigenvalue weighted by Crippen LogP contribution is -2.44. The highest BCUT2D eigenvalue weighted by molar-refractivity contribution is 5.89. The first kappa shape index (κ1) is 21.7. The van der Waals surface area contributed by atoms with Crippen LogP contribution in [0.15, 0.2) is 48.5 Å². The molecule has 154 valence electrons. The molecule has 0 unspecified atom stereocenters. The molecule has 0 radical (unpaired) electrons. The van der Waals surface area contributed by atoms with Crippen molar-refractivity contribution in [2.45, 2.75) is 19.8 Å². The molecule has 2 N–H and O–H groups in total. The van der Waals surface area contributed by atoms with Crippen LogP contribution in [0.25, 0.3) is 0 Å². The number of esters is 1. The number of methoxy groups -OCH3 is 1. The van der Waals surface area contributed by atoms with Crippen molar-refractivity contribution in [3.8, 4) is 11.5 Å². The maximum absolute atomic E-state index is 11.9. The zero-order valence-electron chi connectivity index (χ0n) is 16.4. The fraction of sp³-hybridized carbons (Fsp3) is 0.286. The lowest BCUT2D eigenvalue weighted by molar-refractivity contribution is -0.129. The summed E-state index contributed by atoms with van der Waals surface area (Å²) in [6, 6.07) is 13.3. The average molecular weight is 400 g/mol. The van der Waals surface area contributed by atoms with Gasteiger partial charge < -0.3 is 14.2 Å². The summed E-state index contributed by atoms with van der Waals surface area (Å²) in [4.78, 5) is 35.4. The van der Waals surface area contributed by atoms with Gasteiger partial charge in [0.25, 0.3) is 5.91 Å². The van der Waals surface area contributed by atoms with Gasteiger partial charge in [-0.15, -0.1) is 0 Å². The van der Waals surface area contributed by atoms with Crippen molar-refractivity contribution in [1.29, 1.82) is 0 Å². The van der Waals surface area contributed by atoms with Crippen LogP contribution in [-0.2, 0) is 20.7 Å². The Morgan fingerprint density at radius 2 is 1.48 bits per heavy atom. The largest absolute Gasteiger partial charge is 0.497 e. The second-order valence-corrected chi connectivity index (χ2v) is 6.07. The summed E-state index contributed by atoms with van der Waals surface area (Å²) >= 11 is 0. The van der Waals surface area contributed by atoms with Gasteiger partial charge in [-0.2, -0.15) is 0 Å². The van der Waals surface area contributed by atoms with Crippen molar-refractivity contribution in [1.82, 2.24) is 10.9 Å². The molecule has 8 heteroatoms. The molecule has 2 amide bonds. The molecule has 0 bridgehead atoms. The lowest BCUT2D eigenvalue weighted by atomic mass is 10.1. The van der Waals surface area contributed by atoms with Crippen molar-refractivity contribution >= 4 is 17.8 Å². The van der Waals surface area contributed by atoms with E-state index in [1.54, 1.807) is 55.6 Å². The van der Waals surface area contributed by atoms with E-state index < -0.39 is 11.9 Å². The molecule has 0 atom stereocenters. The van der Waals surface area contributed by atoms with Gasteiger partial charge in [0.2, 0.25) is 5.91 Å². The summed E-state index contributed by atoms with van der Waals surface area (Å²) in [7, 11) is 1.56. The van der Waals surface area contributed by atoms with Crippen molar-refractivity contribution < 1.29 is 28.6 Å². The summed E-state index contributed by atoms with van der Waals surface area (Å²) in [5.41, 5.74) is 5.80. The molecule has 0 saturated heterocycles. The molecule has 0 aliphatic heterocycles. The van der Waals surface area contributed by atoms with Gasteiger partial charge in [-0.25, -0.2) is 4.79 Å². The molecule has 2 aromatic rings. The second kappa shape index (κ2) is 11.3. The van der Waals surface area contributed by atoms with E-state index in [9.17, 15) is 14.4 Å². The average Bonchev–Trinajstić information content (AvgIpc) is 2.75. The number of hydrogen-bond donors (Lipinski definition) is 2. The van der Waals surface area contributed by atoms with Gasteiger partial charge >= 0.3 is 5.97 Å². The molecular weight excluding hydrogens is 376 g/mol. The Morgan fingerprint density at radius 3 is 2.10 bits per heavy atom. The lowest BCUT2D eigenvalue weighted by Gasteiger charge is -2.09. The smallest absolute Gasteiger partial charge is 0.338 e. The normalized spacial score (nSPS) is 10.0. The summed E-state index contributed by atoms with van der Waals surface area (Å²) in [5, 5.41) is 0. The number of hydrogen-bond acceptors (Lipinski definition) is 6. The molecule has 0 fully saturated rings. The van der Waals surface area contributed by atoms with E-state index in [1.807, 2.05) is 6.92 Å². The molecule has 0 saturated carbocycles. The molecular formula is C21H24N2O6. The van der Waals surface area contributed by atoms with Crippen LogP contribution >= 0.6 is 0 Å². The van der Waals surface area contributed by atoms with Crippen molar-refractivity contribution in [2.24, 2.45) is 0 Å². The maximum Gasteiger partial charge on any atom is 0.338 e. The monoisotopic (exact) mass is 400 g/mol. The third kappa shape index (κ3) is 7.53.